The molecule has 1 N–H and O–H groups in total. The molecule has 10 heteroatoms. The number of piperidine rings is 1. The van der Waals surface area contributed by atoms with Gasteiger partial charge >= 0.3 is 5.97 Å². The minimum atomic E-state index is -1.29. The molecule has 0 aliphatic carbocycles. The van der Waals surface area contributed by atoms with E-state index < -0.39 is 35.1 Å². The van der Waals surface area contributed by atoms with Gasteiger partial charge in [0.15, 0.2) is 23.6 Å². The Labute approximate surface area is 244 Å². The van der Waals surface area contributed by atoms with Gasteiger partial charge in [-0.15, -0.1) is 0 Å². The van der Waals surface area contributed by atoms with Crippen LogP contribution >= 0.6 is 0 Å². The molecular weight excluding hydrogens is 547 g/mol. The number of anilines is 1. The summed E-state index contributed by atoms with van der Waals surface area (Å²) in [6.07, 6.45) is 3.79. The van der Waals surface area contributed by atoms with Crippen molar-refractivity contribution in [2.45, 2.75) is 72.5 Å². The third-order valence-corrected chi connectivity index (χ3v) is 7.41. The van der Waals surface area contributed by atoms with Gasteiger partial charge in [-0.05, 0) is 69.7 Å². The molecule has 0 radical (unpaired) electrons. The molecule has 226 valence electrons. The Bertz CT molecular complexity index is 1450. The Morgan fingerprint density at radius 2 is 1.74 bits per heavy atom. The van der Waals surface area contributed by atoms with Crippen LogP contribution in [0, 0.1) is 29.8 Å². The molecule has 1 atom stereocenters. The van der Waals surface area contributed by atoms with Crippen LogP contribution in [0.3, 0.4) is 0 Å². The van der Waals surface area contributed by atoms with E-state index in [1.54, 1.807) is 33.9 Å². The second-order valence-electron chi connectivity index (χ2n) is 12.5. The maximum atomic E-state index is 15.3. The van der Waals surface area contributed by atoms with Gasteiger partial charge in [0.05, 0.1) is 17.9 Å². The van der Waals surface area contributed by atoms with E-state index >= 15 is 4.39 Å². The average Bonchev–Trinajstić information content (AvgIpc) is 2.90. The molecule has 1 aliphatic heterocycles. The van der Waals surface area contributed by atoms with E-state index in [2.05, 4.69) is 28.7 Å². The van der Waals surface area contributed by atoms with Gasteiger partial charge in [-0.3, -0.25) is 4.98 Å². The van der Waals surface area contributed by atoms with Gasteiger partial charge in [0, 0.05) is 54.3 Å². The molecule has 42 heavy (non-hydrogen) atoms. The lowest BCUT2D eigenvalue weighted by molar-refractivity contribution is -0.160. The van der Waals surface area contributed by atoms with Crippen LogP contribution in [-0.2, 0) is 16.0 Å². The van der Waals surface area contributed by atoms with Crippen LogP contribution < -0.4 is 9.64 Å². The molecule has 1 aromatic carbocycles. The van der Waals surface area contributed by atoms with Crippen molar-refractivity contribution in [1.29, 1.82) is 0 Å². The third-order valence-electron chi connectivity index (χ3n) is 7.41. The van der Waals surface area contributed by atoms with Crippen LogP contribution in [0.1, 0.15) is 70.4 Å². The topological polar surface area (TPSA) is 84.8 Å². The van der Waals surface area contributed by atoms with Crippen LogP contribution in [-0.4, -0.2) is 46.3 Å². The summed E-state index contributed by atoms with van der Waals surface area (Å²) in [6, 6.07) is 4.83. The van der Waals surface area contributed by atoms with Crippen LogP contribution in [0.2, 0.25) is 0 Å². The SMILES string of the molecule is Cc1ncc(-c2cnc(OCCc3ccc(F)c(F)c3)c(F)c2)c(N2CCC(C)(C)CC2)c1C(OC(C)(C)C)C(=O)O. The van der Waals surface area contributed by atoms with Crippen LogP contribution in [0.4, 0.5) is 18.9 Å². The summed E-state index contributed by atoms with van der Waals surface area (Å²) in [6.45, 7) is 12.9. The van der Waals surface area contributed by atoms with Gasteiger partial charge in [-0.25, -0.2) is 22.9 Å². The lowest BCUT2D eigenvalue weighted by atomic mass is 9.82. The Balaban J connectivity index is 1.70. The second kappa shape index (κ2) is 12.3. The Kier molecular flexibility index (Phi) is 9.15. The first kappa shape index (κ1) is 31.3. The second-order valence-corrected chi connectivity index (χ2v) is 12.5. The third kappa shape index (κ3) is 7.40. The zero-order valence-electron chi connectivity index (χ0n) is 24.9. The molecule has 0 bridgehead atoms. The highest BCUT2D eigenvalue weighted by Crippen LogP contribution is 2.43. The first-order chi connectivity index (χ1) is 19.6. The van der Waals surface area contributed by atoms with Crippen LogP contribution in [0.5, 0.6) is 5.88 Å². The highest BCUT2D eigenvalue weighted by Gasteiger charge is 2.36. The molecule has 7 nitrogen and oxygen atoms in total. The molecule has 3 heterocycles. The van der Waals surface area contributed by atoms with E-state index in [0.717, 1.165) is 25.0 Å². The number of rotatable bonds is 9. The number of aromatic nitrogens is 2. The van der Waals surface area contributed by atoms with Gasteiger partial charge < -0.3 is 19.5 Å². The van der Waals surface area contributed by atoms with Gasteiger partial charge in [-0.1, -0.05) is 19.9 Å². The number of carboxylic acid groups (broad SMARTS) is 1. The molecule has 1 aliphatic rings. The van der Waals surface area contributed by atoms with Gasteiger partial charge in [0.2, 0.25) is 5.88 Å². The molecule has 0 spiro atoms. The summed E-state index contributed by atoms with van der Waals surface area (Å²) in [5, 5.41) is 10.3. The van der Waals surface area contributed by atoms with E-state index in [4.69, 9.17) is 9.47 Å². The monoisotopic (exact) mass is 585 g/mol. The van der Waals surface area contributed by atoms with E-state index in [0.29, 0.717) is 46.7 Å². The number of hydrogen-bond donors (Lipinski definition) is 1. The standard InChI is InChI=1S/C32H38F3N3O4/c1-19-26(28(30(39)40)42-31(2,3)4)27(38-12-10-32(5,6)11-13-38)22(18-36-19)21-16-25(35)29(37-17-21)41-14-9-20-7-8-23(33)24(34)15-20/h7-8,15-18,28H,9-14H2,1-6H3,(H,39,40). The van der Waals surface area contributed by atoms with Crippen molar-refractivity contribution >= 4 is 11.7 Å². The lowest BCUT2D eigenvalue weighted by Gasteiger charge is -2.40. The molecule has 0 saturated carbocycles. The Hall–Kier alpha value is -3.66. The van der Waals surface area contributed by atoms with Gasteiger partial charge in [-0.2, -0.15) is 0 Å². The average molecular weight is 586 g/mol. The maximum Gasteiger partial charge on any atom is 0.337 e. The fourth-order valence-electron chi connectivity index (χ4n) is 5.04. The largest absolute Gasteiger partial charge is 0.479 e. The number of pyridine rings is 2. The maximum absolute atomic E-state index is 15.3. The number of halogens is 3. The summed E-state index contributed by atoms with van der Waals surface area (Å²) in [5.41, 5.74) is 2.43. The van der Waals surface area contributed by atoms with E-state index in [9.17, 15) is 18.7 Å². The van der Waals surface area contributed by atoms with Crippen molar-refractivity contribution in [3.8, 4) is 17.0 Å². The van der Waals surface area contributed by atoms with Crippen molar-refractivity contribution in [3.05, 3.63) is 70.9 Å². The van der Waals surface area contributed by atoms with Crippen molar-refractivity contribution < 1.29 is 32.5 Å². The summed E-state index contributed by atoms with van der Waals surface area (Å²) in [7, 11) is 0. The van der Waals surface area contributed by atoms with E-state index in [-0.39, 0.29) is 24.3 Å². The molecule has 3 aromatic rings. The highest BCUT2D eigenvalue weighted by molar-refractivity contribution is 5.86. The molecule has 1 saturated heterocycles. The van der Waals surface area contributed by atoms with Crippen molar-refractivity contribution in [2.24, 2.45) is 5.41 Å². The molecule has 1 fully saturated rings. The number of nitrogens with zero attached hydrogens (tertiary/aromatic N) is 3. The molecular formula is C32H38F3N3O4. The first-order valence-corrected chi connectivity index (χ1v) is 14.0. The first-order valence-electron chi connectivity index (χ1n) is 14.0. The van der Waals surface area contributed by atoms with Crippen molar-refractivity contribution in [2.75, 3.05) is 24.6 Å². The van der Waals surface area contributed by atoms with Gasteiger partial charge in [0.1, 0.15) is 0 Å². The lowest BCUT2D eigenvalue weighted by Crippen LogP contribution is -2.39. The summed E-state index contributed by atoms with van der Waals surface area (Å²) < 4.78 is 53.5. The van der Waals surface area contributed by atoms with Gasteiger partial charge in [0.25, 0.3) is 0 Å². The number of ether oxygens (including phenoxy) is 2. The Morgan fingerprint density at radius 1 is 1.05 bits per heavy atom. The summed E-state index contributed by atoms with van der Waals surface area (Å²) in [4.78, 5) is 23.4. The zero-order valence-corrected chi connectivity index (χ0v) is 24.9. The summed E-state index contributed by atoms with van der Waals surface area (Å²) >= 11 is 0. The van der Waals surface area contributed by atoms with Crippen molar-refractivity contribution in [1.82, 2.24) is 9.97 Å². The molecule has 2 aromatic heterocycles. The highest BCUT2D eigenvalue weighted by atomic mass is 19.2. The number of aliphatic carboxylic acids is 1. The smallest absolute Gasteiger partial charge is 0.337 e. The predicted molar refractivity (Wildman–Crippen MR) is 154 cm³/mol. The predicted octanol–water partition coefficient (Wildman–Crippen LogP) is 7.06. The van der Waals surface area contributed by atoms with Crippen LogP contribution in [0.25, 0.3) is 11.1 Å². The number of hydrogen-bond acceptors (Lipinski definition) is 6. The molecule has 0 amide bonds. The fourth-order valence-corrected chi connectivity index (χ4v) is 5.04. The number of aryl methyl sites for hydroxylation is 1. The quantitative estimate of drug-likeness (QED) is 0.288. The normalized spacial score (nSPS) is 15.9. The number of carbonyl (C=O) groups is 1. The van der Waals surface area contributed by atoms with E-state index in [1.807, 2.05) is 0 Å². The number of benzene rings is 1. The van der Waals surface area contributed by atoms with Crippen molar-refractivity contribution in [3.63, 3.8) is 0 Å². The number of carboxylic acids is 1. The zero-order chi connectivity index (χ0) is 30.8. The minimum Gasteiger partial charge on any atom is -0.479 e. The summed E-state index contributed by atoms with van der Waals surface area (Å²) in [5.74, 6) is -3.99. The molecule has 4 rings (SSSR count). The Morgan fingerprint density at radius 3 is 2.33 bits per heavy atom. The molecule has 1 unspecified atom stereocenters. The van der Waals surface area contributed by atoms with E-state index in [1.165, 1.54) is 18.3 Å². The fraction of sp³-hybridized carbons (Fsp3) is 0.469. The minimum absolute atomic E-state index is 0.00379. The van der Waals surface area contributed by atoms with Crippen LogP contribution in [0.15, 0.2) is 36.7 Å².